The molecule has 0 unspecified atom stereocenters. The van der Waals surface area contributed by atoms with E-state index in [1.165, 1.54) is 6.08 Å². The maximum absolute atomic E-state index is 12.1. The number of allylic oxidation sites excluding steroid dienone is 1. The third-order valence-corrected chi connectivity index (χ3v) is 5.24. The van der Waals surface area contributed by atoms with Crippen molar-refractivity contribution in [2.24, 2.45) is 0 Å². The Labute approximate surface area is 151 Å². The van der Waals surface area contributed by atoms with E-state index in [1.807, 2.05) is 0 Å². The van der Waals surface area contributed by atoms with Crippen LogP contribution in [0.25, 0.3) is 6.08 Å². The molecule has 1 N–H and O–H groups in total. The molecule has 0 aromatic heterocycles. The monoisotopic (exact) mass is 383 g/mol. The van der Waals surface area contributed by atoms with Crippen LogP contribution >= 0.6 is 23.2 Å². The maximum atomic E-state index is 12.1. The molecule has 0 atom stereocenters. The molecule has 2 rings (SSSR count). The largest absolute Gasteiger partial charge is 0.289 e. The van der Waals surface area contributed by atoms with Crippen molar-refractivity contribution in [1.29, 1.82) is 0 Å². The Morgan fingerprint density at radius 1 is 1.08 bits per heavy atom. The molecule has 0 aliphatic rings. The lowest BCUT2D eigenvalue weighted by molar-refractivity contribution is 0.104. The highest BCUT2D eigenvalue weighted by molar-refractivity contribution is 7.92. The van der Waals surface area contributed by atoms with Crippen LogP contribution in [-0.4, -0.2) is 20.0 Å². The average Bonchev–Trinajstić information content (AvgIpc) is 2.56. The second-order valence-electron chi connectivity index (χ2n) is 4.95. The van der Waals surface area contributed by atoms with Crippen molar-refractivity contribution in [3.05, 3.63) is 69.7 Å². The van der Waals surface area contributed by atoms with E-state index in [4.69, 9.17) is 23.2 Å². The van der Waals surface area contributed by atoms with Crippen molar-refractivity contribution in [3.8, 4) is 0 Å². The number of hydrogen-bond donors (Lipinski definition) is 1. The van der Waals surface area contributed by atoms with Gasteiger partial charge in [-0.15, -0.1) is 0 Å². The first-order valence-electron chi connectivity index (χ1n) is 7.09. The Balaban J connectivity index is 2.09. The highest BCUT2D eigenvalue weighted by Crippen LogP contribution is 2.23. The summed E-state index contributed by atoms with van der Waals surface area (Å²) >= 11 is 11.8. The quantitative estimate of drug-likeness (QED) is 0.583. The van der Waals surface area contributed by atoms with Gasteiger partial charge in [0.15, 0.2) is 5.78 Å². The van der Waals surface area contributed by atoms with Crippen LogP contribution < -0.4 is 4.72 Å². The molecule has 0 saturated carbocycles. The number of anilines is 1. The van der Waals surface area contributed by atoms with Crippen LogP contribution in [0.3, 0.4) is 0 Å². The second kappa shape index (κ2) is 7.83. The molecular formula is C17H15Cl2NO3S. The van der Waals surface area contributed by atoms with E-state index in [0.717, 1.165) is 5.56 Å². The lowest BCUT2D eigenvalue weighted by Gasteiger charge is -2.06. The van der Waals surface area contributed by atoms with E-state index in [1.54, 1.807) is 55.5 Å². The van der Waals surface area contributed by atoms with Gasteiger partial charge in [0.25, 0.3) is 0 Å². The zero-order valence-electron chi connectivity index (χ0n) is 12.8. The summed E-state index contributed by atoms with van der Waals surface area (Å²) in [5, 5.41) is 0.865. The average molecular weight is 384 g/mol. The molecule has 2 aromatic carbocycles. The van der Waals surface area contributed by atoms with Crippen LogP contribution in [0.1, 0.15) is 22.8 Å². The molecule has 0 heterocycles. The second-order valence-corrected chi connectivity index (χ2v) is 7.78. The minimum absolute atomic E-state index is 0.0138. The molecule has 7 heteroatoms. The van der Waals surface area contributed by atoms with E-state index >= 15 is 0 Å². The number of carbonyl (C=O) groups is 1. The maximum Gasteiger partial charge on any atom is 0.232 e. The van der Waals surface area contributed by atoms with Crippen LogP contribution in [0, 0.1) is 0 Å². The number of rotatable bonds is 6. The van der Waals surface area contributed by atoms with Crippen molar-refractivity contribution >= 4 is 50.8 Å². The Morgan fingerprint density at radius 3 is 2.33 bits per heavy atom. The first-order chi connectivity index (χ1) is 11.3. The Kier molecular flexibility index (Phi) is 6.04. The van der Waals surface area contributed by atoms with Gasteiger partial charge < -0.3 is 0 Å². The van der Waals surface area contributed by atoms with E-state index in [0.29, 0.717) is 21.3 Å². The fraction of sp³-hybridized carbons (Fsp3) is 0.118. The standard InChI is InChI=1S/C17H15Cl2NO3S/c1-2-24(22,23)20-14-7-5-13(6-8-14)17(21)10-4-12-3-9-15(18)16(19)11-12/h3-11,20H,2H2,1H3. The molecule has 2 aromatic rings. The molecule has 0 amide bonds. The number of ketones is 1. The van der Waals surface area contributed by atoms with Gasteiger partial charge in [-0.25, -0.2) is 8.42 Å². The van der Waals surface area contributed by atoms with Gasteiger partial charge in [0.2, 0.25) is 10.0 Å². The smallest absolute Gasteiger partial charge is 0.232 e. The van der Waals surface area contributed by atoms with Gasteiger partial charge in [-0.05, 0) is 55.0 Å². The predicted octanol–water partition coefficient (Wildman–Crippen LogP) is 4.65. The van der Waals surface area contributed by atoms with Gasteiger partial charge in [0.05, 0.1) is 15.8 Å². The zero-order chi connectivity index (χ0) is 17.7. The van der Waals surface area contributed by atoms with E-state index < -0.39 is 10.0 Å². The summed E-state index contributed by atoms with van der Waals surface area (Å²) in [6.07, 6.45) is 3.06. The Hall–Kier alpha value is -1.82. The lowest BCUT2D eigenvalue weighted by Crippen LogP contribution is -2.14. The summed E-state index contributed by atoms with van der Waals surface area (Å²) in [5.74, 6) is -0.217. The summed E-state index contributed by atoms with van der Waals surface area (Å²) in [7, 11) is -3.33. The molecule has 4 nitrogen and oxygen atoms in total. The van der Waals surface area contributed by atoms with Gasteiger partial charge in [0, 0.05) is 11.3 Å². The van der Waals surface area contributed by atoms with Crippen molar-refractivity contribution in [2.75, 3.05) is 10.5 Å². The van der Waals surface area contributed by atoms with Crippen molar-refractivity contribution in [2.45, 2.75) is 6.92 Å². The summed E-state index contributed by atoms with van der Waals surface area (Å²) in [6.45, 7) is 1.55. The van der Waals surface area contributed by atoms with Crippen LogP contribution in [0.2, 0.25) is 10.0 Å². The summed E-state index contributed by atoms with van der Waals surface area (Å²) in [4.78, 5) is 12.1. The normalized spacial score (nSPS) is 11.6. The number of sulfonamides is 1. The first kappa shape index (κ1) is 18.5. The van der Waals surface area contributed by atoms with Gasteiger partial charge in [0.1, 0.15) is 0 Å². The number of nitrogens with one attached hydrogen (secondary N) is 1. The Morgan fingerprint density at radius 2 is 1.75 bits per heavy atom. The number of hydrogen-bond acceptors (Lipinski definition) is 3. The minimum Gasteiger partial charge on any atom is -0.289 e. The third-order valence-electron chi connectivity index (χ3n) is 3.19. The molecule has 0 saturated heterocycles. The summed E-state index contributed by atoms with van der Waals surface area (Å²) in [5.41, 5.74) is 1.62. The van der Waals surface area contributed by atoms with E-state index in [-0.39, 0.29) is 11.5 Å². The first-order valence-corrected chi connectivity index (χ1v) is 9.49. The van der Waals surface area contributed by atoms with Gasteiger partial charge in [-0.1, -0.05) is 35.3 Å². The van der Waals surface area contributed by atoms with Gasteiger partial charge >= 0.3 is 0 Å². The molecule has 0 bridgehead atoms. The van der Waals surface area contributed by atoms with E-state index in [9.17, 15) is 13.2 Å². The highest BCUT2D eigenvalue weighted by Gasteiger charge is 2.07. The topological polar surface area (TPSA) is 63.2 Å². The van der Waals surface area contributed by atoms with Crippen molar-refractivity contribution in [3.63, 3.8) is 0 Å². The fourth-order valence-corrected chi connectivity index (χ4v) is 2.78. The number of halogens is 2. The number of benzene rings is 2. The van der Waals surface area contributed by atoms with E-state index in [2.05, 4.69) is 4.72 Å². The molecule has 0 aliphatic heterocycles. The molecule has 24 heavy (non-hydrogen) atoms. The predicted molar refractivity (Wildman–Crippen MR) is 99.4 cm³/mol. The lowest BCUT2D eigenvalue weighted by atomic mass is 10.1. The third kappa shape index (κ3) is 5.09. The molecular weight excluding hydrogens is 369 g/mol. The molecule has 0 aliphatic carbocycles. The van der Waals surface area contributed by atoms with Crippen molar-refractivity contribution in [1.82, 2.24) is 0 Å². The minimum atomic E-state index is -3.33. The van der Waals surface area contributed by atoms with Gasteiger partial charge in [-0.3, -0.25) is 9.52 Å². The SMILES string of the molecule is CCS(=O)(=O)Nc1ccc(C(=O)C=Cc2ccc(Cl)c(Cl)c2)cc1. The highest BCUT2D eigenvalue weighted by atomic mass is 35.5. The Bertz CT molecular complexity index is 875. The zero-order valence-corrected chi connectivity index (χ0v) is 15.1. The number of carbonyl (C=O) groups excluding carboxylic acids is 1. The van der Waals surface area contributed by atoms with Crippen molar-refractivity contribution < 1.29 is 13.2 Å². The van der Waals surface area contributed by atoms with Crippen LogP contribution in [0.4, 0.5) is 5.69 Å². The molecule has 0 fully saturated rings. The summed E-state index contributed by atoms with van der Waals surface area (Å²) in [6, 6.07) is 11.3. The fourth-order valence-electron chi connectivity index (χ4n) is 1.84. The summed E-state index contributed by atoms with van der Waals surface area (Å²) < 4.78 is 25.4. The van der Waals surface area contributed by atoms with Crippen LogP contribution in [0.15, 0.2) is 48.5 Å². The molecule has 0 radical (unpaired) electrons. The van der Waals surface area contributed by atoms with Gasteiger partial charge in [-0.2, -0.15) is 0 Å². The molecule has 126 valence electrons. The van der Waals surface area contributed by atoms with Crippen LogP contribution in [-0.2, 0) is 10.0 Å². The molecule has 0 spiro atoms. The van der Waals surface area contributed by atoms with Crippen LogP contribution in [0.5, 0.6) is 0 Å².